The molecule has 0 fully saturated rings. The third kappa shape index (κ3) is 4.58. The van der Waals surface area contributed by atoms with E-state index in [1.54, 1.807) is 0 Å². The van der Waals surface area contributed by atoms with Crippen molar-refractivity contribution in [3.05, 3.63) is 68.3 Å². The smallest absolute Gasteiger partial charge is 0.0726 e. The van der Waals surface area contributed by atoms with E-state index < -0.39 is 0 Å². The highest BCUT2D eigenvalue weighted by Crippen LogP contribution is 2.43. The second kappa shape index (κ2) is 12.1. The molecule has 0 unspecified atom stereocenters. The van der Waals surface area contributed by atoms with E-state index in [4.69, 9.17) is 9.97 Å². The van der Waals surface area contributed by atoms with Crippen LogP contribution < -0.4 is 0 Å². The number of aromatic amines is 2. The largest absolute Gasteiger partial charge is 0.355 e. The highest BCUT2D eigenvalue weighted by Gasteiger charge is 2.28. The van der Waals surface area contributed by atoms with E-state index in [9.17, 15) is 0 Å². The maximum atomic E-state index is 5.60. The first-order valence-electron chi connectivity index (χ1n) is 16.5. The van der Waals surface area contributed by atoms with Crippen molar-refractivity contribution >= 4 is 44.4 Å². The molecule has 0 amide bonds. The number of nitrogens with one attached hydrogen (secondary N) is 2. The van der Waals surface area contributed by atoms with Crippen molar-refractivity contribution in [1.82, 2.24) is 19.9 Å². The fourth-order valence-corrected chi connectivity index (χ4v) is 7.66. The Morgan fingerprint density at radius 1 is 0.476 bits per heavy atom. The summed E-state index contributed by atoms with van der Waals surface area (Å²) in [4.78, 5) is 18.8. The summed E-state index contributed by atoms with van der Waals surface area (Å²) >= 11 is 0. The van der Waals surface area contributed by atoms with E-state index in [0.29, 0.717) is 0 Å². The van der Waals surface area contributed by atoms with Gasteiger partial charge in [0.1, 0.15) is 0 Å². The van der Waals surface area contributed by atoms with E-state index in [1.807, 2.05) is 0 Å². The van der Waals surface area contributed by atoms with Gasteiger partial charge < -0.3 is 9.97 Å². The van der Waals surface area contributed by atoms with Crippen LogP contribution in [0.25, 0.3) is 44.4 Å². The lowest BCUT2D eigenvalue weighted by atomic mass is 9.91. The summed E-state index contributed by atoms with van der Waals surface area (Å²) in [7, 11) is 0. The third-order valence-corrected chi connectivity index (χ3v) is 9.62. The number of allylic oxidation sites excluding steroid dienone is 4. The molecule has 42 heavy (non-hydrogen) atoms. The molecule has 3 aromatic rings. The van der Waals surface area contributed by atoms with Crippen molar-refractivity contribution in [2.75, 3.05) is 0 Å². The lowest BCUT2D eigenvalue weighted by molar-refractivity contribution is 1.03. The highest BCUT2D eigenvalue weighted by atomic mass is 14.8. The zero-order valence-electron chi connectivity index (χ0n) is 27.7. The molecule has 4 heteroatoms. The Hall–Kier alpha value is -3.40. The van der Waals surface area contributed by atoms with Gasteiger partial charge in [-0.2, -0.15) is 0 Å². The van der Waals surface area contributed by atoms with E-state index in [0.717, 1.165) is 62.6 Å². The normalized spacial score (nSPS) is 13.6. The van der Waals surface area contributed by atoms with E-state index in [1.165, 1.54) is 89.3 Å². The Labute approximate surface area is 252 Å². The molecule has 2 aliphatic rings. The molecule has 4 nitrogen and oxygen atoms in total. The average molecular weight is 563 g/mol. The summed E-state index contributed by atoms with van der Waals surface area (Å²) in [6.07, 6.45) is 7.72. The maximum absolute atomic E-state index is 5.60. The van der Waals surface area contributed by atoms with Crippen LogP contribution in [0.5, 0.6) is 0 Å². The molecule has 8 bridgehead atoms. The van der Waals surface area contributed by atoms with E-state index >= 15 is 0 Å². The van der Waals surface area contributed by atoms with Gasteiger partial charge in [0.05, 0.1) is 22.8 Å². The van der Waals surface area contributed by atoms with Crippen molar-refractivity contribution < 1.29 is 0 Å². The summed E-state index contributed by atoms with van der Waals surface area (Å²) in [6, 6.07) is 4.61. The van der Waals surface area contributed by atoms with Crippen LogP contribution in [0.3, 0.4) is 0 Å². The number of fused-ring (bicyclic) bond motifs is 8. The number of rotatable bonds is 8. The minimum Gasteiger partial charge on any atom is -0.355 e. The Morgan fingerprint density at radius 2 is 0.952 bits per heavy atom. The lowest BCUT2D eigenvalue weighted by Crippen LogP contribution is -1.98. The molecule has 0 atom stereocenters. The van der Waals surface area contributed by atoms with Crippen LogP contribution in [0.4, 0.5) is 0 Å². The van der Waals surface area contributed by atoms with Crippen LogP contribution in [-0.2, 0) is 25.7 Å². The Balaban J connectivity index is 2.14. The molecule has 2 aliphatic heterocycles. The van der Waals surface area contributed by atoms with Gasteiger partial charge in [0, 0.05) is 33.2 Å². The van der Waals surface area contributed by atoms with Crippen LogP contribution in [-0.4, -0.2) is 19.9 Å². The number of hydrogen-bond donors (Lipinski definition) is 2. The lowest BCUT2D eigenvalue weighted by Gasteiger charge is -2.11. The SMILES string of the molecule is CCC1=C(CC)c2nc1c(CC)c1nc(c(CC)c3[nH]c(cc4cc(C)c([nH]4)c2C)c(CC)c3CC)C(CC)=C1CC. The molecular formula is C38H50N4. The van der Waals surface area contributed by atoms with Crippen molar-refractivity contribution in [2.24, 2.45) is 0 Å². The van der Waals surface area contributed by atoms with Gasteiger partial charge in [-0.15, -0.1) is 0 Å². The standard InChI is InChI=1S/C38H50N4/c1-11-24-25(12-2)35-30(17-7)37-28(15-5)29(16-6)38(42-37)31(18-8)36-27(14-4)26(13-3)34(41-36)22(10)33-21(9)19-23(39-33)20-32(24)40-35/h19-20,39-40H,11-18H2,1-10H3. The summed E-state index contributed by atoms with van der Waals surface area (Å²) in [5.74, 6) is 0. The molecule has 2 N–H and O–H groups in total. The Bertz CT molecular complexity index is 1770. The Kier molecular flexibility index (Phi) is 8.64. The number of H-pyrrole nitrogens is 2. The van der Waals surface area contributed by atoms with Crippen molar-refractivity contribution in [1.29, 1.82) is 0 Å². The molecule has 5 rings (SSSR count). The van der Waals surface area contributed by atoms with Crippen molar-refractivity contribution in [3.8, 4) is 0 Å². The topological polar surface area (TPSA) is 57.4 Å². The van der Waals surface area contributed by atoms with Gasteiger partial charge in [0.15, 0.2) is 0 Å². The van der Waals surface area contributed by atoms with Crippen LogP contribution in [0.2, 0.25) is 0 Å². The Morgan fingerprint density at radius 3 is 1.45 bits per heavy atom. The van der Waals surface area contributed by atoms with Crippen molar-refractivity contribution in [2.45, 2.75) is 121 Å². The third-order valence-electron chi connectivity index (χ3n) is 9.62. The van der Waals surface area contributed by atoms with Crippen LogP contribution in [0, 0.1) is 13.8 Å². The first kappa shape index (κ1) is 30.1. The number of aromatic nitrogens is 4. The monoisotopic (exact) mass is 562 g/mol. The minimum atomic E-state index is 0.910. The van der Waals surface area contributed by atoms with E-state index in [2.05, 4.69) is 91.3 Å². The zero-order valence-corrected chi connectivity index (χ0v) is 27.7. The number of aryl methyl sites for hydroxylation is 5. The van der Waals surface area contributed by atoms with E-state index in [-0.39, 0.29) is 0 Å². The first-order chi connectivity index (χ1) is 20.3. The number of hydrogen-bond acceptors (Lipinski definition) is 2. The van der Waals surface area contributed by atoms with Crippen LogP contribution in [0.15, 0.2) is 12.1 Å². The molecule has 0 saturated carbocycles. The molecule has 0 aliphatic carbocycles. The van der Waals surface area contributed by atoms with Gasteiger partial charge in [0.25, 0.3) is 0 Å². The second-order valence-electron chi connectivity index (χ2n) is 11.7. The highest BCUT2D eigenvalue weighted by molar-refractivity contribution is 5.99. The quantitative estimate of drug-likeness (QED) is 0.287. The average Bonchev–Trinajstić information content (AvgIpc) is 3.74. The molecule has 222 valence electrons. The molecule has 3 aromatic heterocycles. The first-order valence-corrected chi connectivity index (χ1v) is 16.5. The van der Waals surface area contributed by atoms with Gasteiger partial charge in [0.2, 0.25) is 0 Å². The summed E-state index contributed by atoms with van der Waals surface area (Å²) in [5, 5.41) is 0. The number of nitrogens with zero attached hydrogens (tertiary/aromatic N) is 2. The molecular weight excluding hydrogens is 512 g/mol. The molecule has 0 radical (unpaired) electrons. The summed E-state index contributed by atoms with van der Waals surface area (Å²) in [6.45, 7) is 22.8. The predicted molar refractivity (Wildman–Crippen MR) is 183 cm³/mol. The van der Waals surface area contributed by atoms with Gasteiger partial charge >= 0.3 is 0 Å². The van der Waals surface area contributed by atoms with Crippen molar-refractivity contribution in [3.63, 3.8) is 0 Å². The fourth-order valence-electron chi connectivity index (χ4n) is 7.66. The maximum Gasteiger partial charge on any atom is 0.0726 e. The van der Waals surface area contributed by atoms with Gasteiger partial charge in [-0.05, 0) is 122 Å². The van der Waals surface area contributed by atoms with Crippen LogP contribution in [0.1, 0.15) is 137 Å². The predicted octanol–water partition coefficient (Wildman–Crippen LogP) is 10.6. The van der Waals surface area contributed by atoms with Crippen LogP contribution >= 0.6 is 0 Å². The zero-order chi connectivity index (χ0) is 30.3. The molecule has 0 spiro atoms. The van der Waals surface area contributed by atoms with Gasteiger partial charge in [-0.1, -0.05) is 55.4 Å². The van der Waals surface area contributed by atoms with Gasteiger partial charge in [-0.3, -0.25) is 0 Å². The summed E-state index contributed by atoms with van der Waals surface area (Å²) < 4.78 is 0. The summed E-state index contributed by atoms with van der Waals surface area (Å²) in [5.41, 5.74) is 23.1. The molecule has 0 saturated heterocycles. The van der Waals surface area contributed by atoms with Gasteiger partial charge in [-0.25, -0.2) is 9.97 Å². The molecule has 0 aromatic carbocycles. The second-order valence-corrected chi connectivity index (χ2v) is 11.7. The minimum absolute atomic E-state index is 0.910. The fraction of sp³-hybridized carbons (Fsp3) is 0.474. The molecule has 5 heterocycles.